The molecule has 1 heterocycles. The zero-order chi connectivity index (χ0) is 11.9. The molecule has 2 rings (SSSR count). The van der Waals surface area contributed by atoms with Gasteiger partial charge in [0.25, 0.3) is 0 Å². The van der Waals surface area contributed by atoms with Crippen molar-refractivity contribution in [2.75, 3.05) is 7.11 Å². The fourth-order valence-electron chi connectivity index (χ4n) is 1.82. The minimum atomic E-state index is -0.465. The van der Waals surface area contributed by atoms with E-state index in [0.29, 0.717) is 17.5 Å². The van der Waals surface area contributed by atoms with Crippen LogP contribution in [0.1, 0.15) is 22.8 Å². The van der Waals surface area contributed by atoms with Crippen molar-refractivity contribution in [1.82, 2.24) is 0 Å². The van der Waals surface area contributed by atoms with Crippen LogP contribution in [-0.2, 0) is 11.2 Å². The largest absolute Gasteiger partial charge is 0.506 e. The van der Waals surface area contributed by atoms with Gasteiger partial charge in [-0.3, -0.25) is 0 Å². The van der Waals surface area contributed by atoms with Gasteiger partial charge in [-0.15, -0.1) is 0 Å². The number of aromatic hydroxyl groups is 1. The van der Waals surface area contributed by atoms with Gasteiger partial charge >= 0.3 is 5.97 Å². The van der Waals surface area contributed by atoms with Crippen LogP contribution in [0.15, 0.2) is 6.07 Å². The Balaban J connectivity index is 2.68. The molecule has 1 aliphatic heterocycles. The lowest BCUT2D eigenvalue weighted by Crippen LogP contribution is -2.26. The number of hydrogen-bond donors (Lipinski definition) is 1. The van der Waals surface area contributed by atoms with Crippen LogP contribution in [0.3, 0.4) is 0 Å². The van der Waals surface area contributed by atoms with Crippen LogP contribution in [0.4, 0.5) is 0 Å². The number of benzene rings is 1. The number of methoxy groups -OCH3 is 1. The molecule has 0 radical (unpaired) electrons. The van der Waals surface area contributed by atoms with Gasteiger partial charge in [0.1, 0.15) is 23.2 Å². The summed E-state index contributed by atoms with van der Waals surface area (Å²) < 4.78 is 10.1. The Morgan fingerprint density at radius 1 is 1.62 bits per heavy atom. The number of ether oxygens (including phenoxy) is 2. The predicted molar refractivity (Wildman–Crippen MR) is 58.3 cm³/mol. The molecule has 5 heteroatoms. The standard InChI is InChI=1S/C11H11ClO4/c1-5-3-6-9(11(14)16-5)8(15-2)4-7(13)10(6)12/h4-5,13H,3H2,1-2H3. The zero-order valence-electron chi connectivity index (χ0n) is 8.91. The number of carbonyl (C=O) groups excluding carboxylic acids is 1. The van der Waals surface area contributed by atoms with Crippen molar-refractivity contribution in [3.05, 3.63) is 22.2 Å². The van der Waals surface area contributed by atoms with Gasteiger partial charge in [0.05, 0.1) is 12.1 Å². The van der Waals surface area contributed by atoms with E-state index in [9.17, 15) is 9.90 Å². The molecule has 4 nitrogen and oxygen atoms in total. The highest BCUT2D eigenvalue weighted by Gasteiger charge is 2.30. The molecule has 1 atom stereocenters. The first kappa shape index (κ1) is 11.1. The van der Waals surface area contributed by atoms with Crippen molar-refractivity contribution in [2.24, 2.45) is 0 Å². The Bertz CT molecular complexity index is 456. The number of hydrogen-bond acceptors (Lipinski definition) is 4. The third-order valence-electron chi connectivity index (χ3n) is 2.53. The molecule has 0 spiro atoms. The molecule has 86 valence electrons. The van der Waals surface area contributed by atoms with Gasteiger partial charge < -0.3 is 14.6 Å². The van der Waals surface area contributed by atoms with Crippen LogP contribution < -0.4 is 4.74 Å². The molecule has 1 unspecified atom stereocenters. The Kier molecular flexibility index (Phi) is 2.68. The SMILES string of the molecule is COc1cc(O)c(Cl)c2c1C(=O)OC(C)C2. The number of cyclic esters (lactones) is 1. The minimum absolute atomic E-state index is 0.0841. The van der Waals surface area contributed by atoms with Gasteiger partial charge in [0.15, 0.2) is 0 Å². The van der Waals surface area contributed by atoms with Gasteiger partial charge in [-0.1, -0.05) is 11.6 Å². The molecule has 0 aliphatic carbocycles. The molecule has 0 amide bonds. The second-order valence-corrected chi connectivity index (χ2v) is 4.06. The summed E-state index contributed by atoms with van der Waals surface area (Å²) in [6.07, 6.45) is 0.231. The molecular weight excluding hydrogens is 232 g/mol. The lowest BCUT2D eigenvalue weighted by Gasteiger charge is -2.24. The van der Waals surface area contributed by atoms with Gasteiger partial charge in [0.2, 0.25) is 0 Å². The van der Waals surface area contributed by atoms with Crippen molar-refractivity contribution < 1.29 is 19.4 Å². The maximum atomic E-state index is 11.7. The first-order chi connectivity index (χ1) is 7.54. The van der Waals surface area contributed by atoms with E-state index < -0.39 is 5.97 Å². The Hall–Kier alpha value is -1.42. The molecule has 1 aliphatic rings. The summed E-state index contributed by atoms with van der Waals surface area (Å²) in [5.41, 5.74) is 0.894. The van der Waals surface area contributed by atoms with Crippen molar-refractivity contribution in [3.8, 4) is 11.5 Å². The second kappa shape index (κ2) is 3.87. The smallest absolute Gasteiger partial charge is 0.342 e. The lowest BCUT2D eigenvalue weighted by atomic mass is 9.97. The average molecular weight is 243 g/mol. The molecular formula is C11H11ClO4. The molecule has 0 bridgehead atoms. The summed E-state index contributed by atoms with van der Waals surface area (Å²) >= 11 is 5.96. The summed E-state index contributed by atoms with van der Waals surface area (Å²) in [6, 6.07) is 1.32. The fourth-order valence-corrected chi connectivity index (χ4v) is 2.05. The van der Waals surface area contributed by atoms with E-state index in [2.05, 4.69) is 0 Å². The van der Waals surface area contributed by atoms with Crippen LogP contribution >= 0.6 is 11.6 Å². The predicted octanol–water partition coefficient (Wildman–Crippen LogP) is 2.16. The first-order valence-electron chi connectivity index (χ1n) is 4.84. The van der Waals surface area contributed by atoms with E-state index in [1.807, 2.05) is 0 Å². The van der Waals surface area contributed by atoms with Crippen LogP contribution in [0.5, 0.6) is 11.5 Å². The molecule has 16 heavy (non-hydrogen) atoms. The summed E-state index contributed by atoms with van der Waals surface area (Å²) in [4.78, 5) is 11.7. The summed E-state index contributed by atoms with van der Waals surface area (Å²) in [7, 11) is 1.42. The van der Waals surface area contributed by atoms with E-state index in [-0.39, 0.29) is 22.6 Å². The first-order valence-corrected chi connectivity index (χ1v) is 5.21. The fraction of sp³-hybridized carbons (Fsp3) is 0.364. The van der Waals surface area contributed by atoms with Gasteiger partial charge in [-0.2, -0.15) is 0 Å². The van der Waals surface area contributed by atoms with E-state index in [1.165, 1.54) is 13.2 Å². The Morgan fingerprint density at radius 3 is 2.94 bits per heavy atom. The van der Waals surface area contributed by atoms with E-state index in [0.717, 1.165) is 0 Å². The number of phenolic OH excluding ortho intramolecular Hbond substituents is 1. The summed E-state index contributed by atoms with van der Waals surface area (Å²) in [6.45, 7) is 1.77. The average Bonchev–Trinajstić information content (AvgIpc) is 2.23. The second-order valence-electron chi connectivity index (χ2n) is 3.69. The number of fused-ring (bicyclic) bond motifs is 1. The van der Waals surface area contributed by atoms with Crippen LogP contribution in [0.2, 0.25) is 5.02 Å². The van der Waals surface area contributed by atoms with E-state index >= 15 is 0 Å². The highest BCUT2D eigenvalue weighted by molar-refractivity contribution is 6.33. The summed E-state index contributed by atoms with van der Waals surface area (Å²) in [5, 5.41) is 9.79. The van der Waals surface area contributed by atoms with Crippen molar-refractivity contribution in [3.63, 3.8) is 0 Å². The van der Waals surface area contributed by atoms with Gasteiger partial charge in [-0.05, 0) is 12.5 Å². The maximum Gasteiger partial charge on any atom is 0.342 e. The molecule has 0 saturated carbocycles. The number of halogens is 1. The third kappa shape index (κ3) is 1.59. The van der Waals surface area contributed by atoms with Crippen molar-refractivity contribution in [1.29, 1.82) is 0 Å². The minimum Gasteiger partial charge on any atom is -0.506 e. The zero-order valence-corrected chi connectivity index (χ0v) is 9.67. The number of esters is 1. The number of carbonyl (C=O) groups is 1. The Morgan fingerprint density at radius 2 is 2.31 bits per heavy atom. The highest BCUT2D eigenvalue weighted by atomic mass is 35.5. The van der Waals surface area contributed by atoms with Crippen LogP contribution in [-0.4, -0.2) is 24.3 Å². The Labute approximate surface area is 97.7 Å². The monoisotopic (exact) mass is 242 g/mol. The molecule has 1 aromatic carbocycles. The highest BCUT2D eigenvalue weighted by Crippen LogP contribution is 2.39. The van der Waals surface area contributed by atoms with Gasteiger partial charge in [-0.25, -0.2) is 4.79 Å². The molecule has 1 N–H and O–H groups in total. The summed E-state index contributed by atoms with van der Waals surface area (Å²) in [5.74, 6) is -0.263. The topological polar surface area (TPSA) is 55.8 Å². The van der Waals surface area contributed by atoms with Crippen LogP contribution in [0, 0.1) is 0 Å². The van der Waals surface area contributed by atoms with Crippen molar-refractivity contribution in [2.45, 2.75) is 19.4 Å². The number of rotatable bonds is 1. The van der Waals surface area contributed by atoms with E-state index in [4.69, 9.17) is 21.1 Å². The quantitative estimate of drug-likeness (QED) is 0.767. The van der Waals surface area contributed by atoms with E-state index in [1.54, 1.807) is 6.92 Å². The van der Waals surface area contributed by atoms with Gasteiger partial charge in [0, 0.05) is 12.5 Å². The molecule has 0 saturated heterocycles. The number of phenols is 1. The van der Waals surface area contributed by atoms with Crippen molar-refractivity contribution >= 4 is 17.6 Å². The maximum absolute atomic E-state index is 11.7. The molecule has 0 aromatic heterocycles. The van der Waals surface area contributed by atoms with Crippen LogP contribution in [0.25, 0.3) is 0 Å². The molecule has 1 aromatic rings. The lowest BCUT2D eigenvalue weighted by molar-refractivity contribution is 0.0296. The molecule has 0 fully saturated rings. The normalized spacial score (nSPS) is 18.9. The third-order valence-corrected chi connectivity index (χ3v) is 2.95.